The van der Waals surface area contributed by atoms with Gasteiger partial charge in [-0.1, -0.05) is 43.5 Å². The van der Waals surface area contributed by atoms with Crippen LogP contribution in [0.25, 0.3) is 0 Å². The molecule has 0 bridgehead atoms. The molecule has 2 aromatic rings. The van der Waals surface area contributed by atoms with Crippen molar-refractivity contribution < 1.29 is 18.8 Å². The summed E-state index contributed by atoms with van der Waals surface area (Å²) in [6.07, 6.45) is 4.84. The number of carbonyl (C=O) groups excluding carboxylic acids is 3. The molecule has 1 aliphatic carbocycles. The third-order valence-corrected chi connectivity index (χ3v) is 6.74. The second-order valence-corrected chi connectivity index (χ2v) is 9.08. The third-order valence-electron chi connectivity index (χ3n) is 6.74. The fourth-order valence-corrected chi connectivity index (χ4v) is 4.76. The Morgan fingerprint density at radius 2 is 1.88 bits per heavy atom. The molecule has 1 saturated heterocycles. The van der Waals surface area contributed by atoms with E-state index in [-0.39, 0.29) is 30.9 Å². The first-order chi connectivity index (χ1) is 16.3. The van der Waals surface area contributed by atoms with Crippen LogP contribution >= 0.6 is 0 Å². The Bertz CT molecular complexity index is 1140. The largest absolute Gasteiger partial charge is 0.334 e. The van der Waals surface area contributed by atoms with E-state index in [1.54, 1.807) is 48.2 Å². The summed E-state index contributed by atoms with van der Waals surface area (Å²) in [5.41, 5.74) is 0.278. The number of benzene rings is 2. The number of rotatable bonds is 6. The fraction of sp³-hybridized carbons (Fsp3) is 0.385. The molecule has 0 radical (unpaired) electrons. The molecule has 176 valence electrons. The van der Waals surface area contributed by atoms with Gasteiger partial charge < -0.3 is 10.2 Å². The topological polar surface area (TPSA) is 93.5 Å². The average molecular weight is 463 g/mol. The number of nitrogens with zero attached hydrogens (tertiary/aromatic N) is 3. The van der Waals surface area contributed by atoms with Crippen LogP contribution in [0.3, 0.4) is 0 Å². The zero-order valence-corrected chi connectivity index (χ0v) is 19.1. The Balaban J connectivity index is 1.55. The van der Waals surface area contributed by atoms with Crippen LogP contribution in [-0.2, 0) is 21.7 Å². The van der Waals surface area contributed by atoms with Crippen LogP contribution in [0.2, 0.25) is 0 Å². The second kappa shape index (κ2) is 9.64. The Hall–Kier alpha value is -3.73. The first-order valence-corrected chi connectivity index (χ1v) is 11.5. The number of hydrogen-bond acceptors (Lipinski definition) is 4. The summed E-state index contributed by atoms with van der Waals surface area (Å²) in [5, 5.41) is 11.9. The van der Waals surface area contributed by atoms with E-state index in [2.05, 4.69) is 5.32 Å². The standard InChI is InChI=1S/C26H27FN4O3/c1-26(20-7-5-6-19(14-20)15-28)24(33)31(25(34)29-26)17-23(32)30(22-8-3-2-4-9-22)16-18-10-12-21(27)13-11-18/h5-7,10-14,22H,2-4,8-9,16-17H2,1H3,(H,29,34). The lowest BCUT2D eigenvalue weighted by atomic mass is 9.91. The molecule has 0 spiro atoms. The monoisotopic (exact) mass is 462 g/mol. The maximum absolute atomic E-state index is 13.4. The molecule has 1 heterocycles. The van der Waals surface area contributed by atoms with Gasteiger partial charge in [-0.25, -0.2) is 9.18 Å². The molecule has 8 heteroatoms. The third kappa shape index (κ3) is 4.65. The Morgan fingerprint density at radius 1 is 1.18 bits per heavy atom. The molecule has 2 aliphatic rings. The minimum atomic E-state index is -1.36. The van der Waals surface area contributed by atoms with Gasteiger partial charge in [-0.05, 0) is 55.2 Å². The van der Waals surface area contributed by atoms with E-state index in [0.717, 1.165) is 42.6 Å². The van der Waals surface area contributed by atoms with Crippen molar-refractivity contribution in [2.24, 2.45) is 0 Å². The van der Waals surface area contributed by atoms with Crippen molar-refractivity contribution in [1.82, 2.24) is 15.1 Å². The van der Waals surface area contributed by atoms with E-state index >= 15 is 0 Å². The second-order valence-electron chi connectivity index (χ2n) is 9.08. The highest BCUT2D eigenvalue weighted by Gasteiger charge is 2.50. The molecule has 2 aromatic carbocycles. The minimum absolute atomic E-state index is 0.00534. The quantitative estimate of drug-likeness (QED) is 0.661. The number of urea groups is 1. The zero-order chi connectivity index (χ0) is 24.3. The van der Waals surface area contributed by atoms with Crippen LogP contribution in [0.4, 0.5) is 9.18 Å². The Labute approximate surface area is 198 Å². The number of carbonyl (C=O) groups is 3. The van der Waals surface area contributed by atoms with E-state index in [0.29, 0.717) is 11.1 Å². The first-order valence-electron chi connectivity index (χ1n) is 11.5. The molecule has 7 nitrogen and oxygen atoms in total. The van der Waals surface area contributed by atoms with E-state index in [1.165, 1.54) is 12.1 Å². The van der Waals surface area contributed by atoms with Crippen molar-refractivity contribution in [3.8, 4) is 6.07 Å². The summed E-state index contributed by atoms with van der Waals surface area (Å²) in [7, 11) is 0. The average Bonchev–Trinajstić information content (AvgIpc) is 3.08. The van der Waals surface area contributed by atoms with Crippen molar-refractivity contribution >= 4 is 17.8 Å². The number of amides is 4. The molecular weight excluding hydrogens is 435 g/mol. The van der Waals surface area contributed by atoms with Crippen LogP contribution in [0.15, 0.2) is 48.5 Å². The van der Waals surface area contributed by atoms with Gasteiger partial charge in [-0.3, -0.25) is 14.5 Å². The normalized spacial score (nSPS) is 20.7. The van der Waals surface area contributed by atoms with Gasteiger partial charge in [0.25, 0.3) is 5.91 Å². The highest BCUT2D eigenvalue weighted by molar-refractivity contribution is 6.09. The fourth-order valence-electron chi connectivity index (χ4n) is 4.76. The molecule has 34 heavy (non-hydrogen) atoms. The van der Waals surface area contributed by atoms with Gasteiger partial charge in [0, 0.05) is 12.6 Å². The van der Waals surface area contributed by atoms with Gasteiger partial charge >= 0.3 is 6.03 Å². The molecule has 1 atom stereocenters. The molecule has 1 saturated carbocycles. The smallest absolute Gasteiger partial charge is 0.325 e. The summed E-state index contributed by atoms with van der Waals surface area (Å²) < 4.78 is 13.4. The van der Waals surface area contributed by atoms with Gasteiger partial charge in [0.05, 0.1) is 11.6 Å². The Morgan fingerprint density at radius 3 is 2.56 bits per heavy atom. The van der Waals surface area contributed by atoms with E-state index in [1.807, 2.05) is 6.07 Å². The molecule has 1 aliphatic heterocycles. The van der Waals surface area contributed by atoms with Crippen LogP contribution in [0, 0.1) is 17.1 Å². The van der Waals surface area contributed by atoms with Gasteiger partial charge in [-0.15, -0.1) is 0 Å². The van der Waals surface area contributed by atoms with Gasteiger partial charge in [0.15, 0.2) is 0 Å². The van der Waals surface area contributed by atoms with E-state index in [9.17, 15) is 24.0 Å². The van der Waals surface area contributed by atoms with Gasteiger partial charge in [0.1, 0.15) is 17.9 Å². The van der Waals surface area contributed by atoms with E-state index in [4.69, 9.17) is 0 Å². The lowest BCUT2D eigenvalue weighted by Crippen LogP contribution is -2.48. The number of hydrogen-bond donors (Lipinski definition) is 1. The predicted octanol–water partition coefficient (Wildman–Crippen LogP) is 3.83. The van der Waals surface area contributed by atoms with Crippen molar-refractivity contribution in [2.75, 3.05) is 6.54 Å². The van der Waals surface area contributed by atoms with Crippen molar-refractivity contribution in [1.29, 1.82) is 5.26 Å². The molecular formula is C26H27FN4O3. The number of imide groups is 1. The summed E-state index contributed by atoms with van der Waals surface area (Å²) in [6, 6.07) is 13.9. The molecule has 0 aromatic heterocycles. The van der Waals surface area contributed by atoms with E-state index < -0.39 is 17.5 Å². The summed E-state index contributed by atoms with van der Waals surface area (Å²) in [5.74, 6) is -1.21. The van der Waals surface area contributed by atoms with Crippen molar-refractivity contribution in [3.63, 3.8) is 0 Å². The number of nitriles is 1. The lowest BCUT2D eigenvalue weighted by Gasteiger charge is -2.35. The summed E-state index contributed by atoms with van der Waals surface area (Å²) in [4.78, 5) is 42.2. The van der Waals surface area contributed by atoms with Crippen molar-refractivity contribution in [2.45, 2.75) is 57.2 Å². The van der Waals surface area contributed by atoms with Crippen molar-refractivity contribution in [3.05, 3.63) is 71.0 Å². The van der Waals surface area contributed by atoms with Crippen LogP contribution in [-0.4, -0.2) is 40.2 Å². The summed E-state index contributed by atoms with van der Waals surface area (Å²) >= 11 is 0. The number of nitrogens with one attached hydrogen (secondary N) is 1. The highest BCUT2D eigenvalue weighted by Crippen LogP contribution is 2.30. The van der Waals surface area contributed by atoms with Gasteiger partial charge in [-0.2, -0.15) is 5.26 Å². The maximum atomic E-state index is 13.4. The van der Waals surface area contributed by atoms with Crippen LogP contribution in [0.1, 0.15) is 55.7 Å². The molecule has 1 N–H and O–H groups in total. The molecule has 4 rings (SSSR count). The van der Waals surface area contributed by atoms with Crippen LogP contribution in [0.5, 0.6) is 0 Å². The lowest BCUT2D eigenvalue weighted by molar-refractivity contribution is -0.141. The first kappa shape index (κ1) is 23.4. The number of halogens is 1. The van der Waals surface area contributed by atoms with Gasteiger partial charge in [0.2, 0.25) is 5.91 Å². The maximum Gasteiger partial charge on any atom is 0.325 e. The highest BCUT2D eigenvalue weighted by atomic mass is 19.1. The minimum Gasteiger partial charge on any atom is -0.334 e. The SMILES string of the molecule is CC1(c2cccc(C#N)c2)NC(=O)N(CC(=O)N(Cc2ccc(F)cc2)C2CCCCC2)C1=O. The summed E-state index contributed by atoms with van der Waals surface area (Å²) in [6.45, 7) is 1.48. The molecule has 4 amide bonds. The Kier molecular flexibility index (Phi) is 6.64. The molecule has 1 unspecified atom stereocenters. The molecule has 2 fully saturated rings. The predicted molar refractivity (Wildman–Crippen MR) is 123 cm³/mol. The van der Waals surface area contributed by atoms with Crippen LogP contribution < -0.4 is 5.32 Å². The zero-order valence-electron chi connectivity index (χ0n) is 19.1.